The van der Waals surface area contributed by atoms with E-state index in [0.717, 1.165) is 24.2 Å². The number of benzene rings is 1. The summed E-state index contributed by atoms with van der Waals surface area (Å²) in [7, 11) is 0. The largest absolute Gasteiger partial charge is 0.385 e. The average Bonchev–Trinajstić information content (AvgIpc) is 2.18. The van der Waals surface area contributed by atoms with E-state index in [1.807, 2.05) is 6.07 Å². The zero-order chi connectivity index (χ0) is 10.8. The number of rotatable bonds is 2. The molecule has 2 rings (SSSR count). The second kappa shape index (κ2) is 4.19. The molecule has 1 aromatic carbocycles. The van der Waals surface area contributed by atoms with Crippen molar-refractivity contribution < 1.29 is 4.39 Å². The van der Waals surface area contributed by atoms with Crippen molar-refractivity contribution in [3.63, 3.8) is 0 Å². The molecule has 1 atom stereocenters. The number of hydrogen-bond acceptors (Lipinski definition) is 2. The highest BCUT2D eigenvalue weighted by Gasteiger charge is 2.20. The number of fused-ring (bicyclic) bond motifs is 1. The normalized spacial score (nSPS) is 19.9. The van der Waals surface area contributed by atoms with Crippen molar-refractivity contribution in [1.82, 2.24) is 5.32 Å². The first-order valence-electron chi connectivity index (χ1n) is 5.46. The van der Waals surface area contributed by atoms with Crippen LogP contribution in [0.25, 0.3) is 0 Å². The number of halogens is 1. The molecule has 0 spiro atoms. The third-order valence-electron chi connectivity index (χ3n) is 2.67. The minimum absolute atomic E-state index is 0.159. The molecule has 3 heteroatoms. The lowest BCUT2D eigenvalue weighted by Gasteiger charge is -2.29. The van der Waals surface area contributed by atoms with Crippen molar-refractivity contribution in [3.8, 4) is 0 Å². The van der Waals surface area contributed by atoms with Crippen molar-refractivity contribution >= 4 is 5.69 Å². The predicted molar refractivity (Wildman–Crippen MR) is 60.5 cm³/mol. The van der Waals surface area contributed by atoms with Crippen LogP contribution in [0, 0.1) is 5.82 Å². The van der Waals surface area contributed by atoms with Crippen molar-refractivity contribution in [2.24, 2.45) is 0 Å². The molecule has 1 heterocycles. The summed E-state index contributed by atoms with van der Waals surface area (Å²) in [6, 6.07) is 5.64. The predicted octanol–water partition coefficient (Wildman–Crippen LogP) is 2.68. The zero-order valence-electron chi connectivity index (χ0n) is 9.18. The summed E-state index contributed by atoms with van der Waals surface area (Å²) in [5.41, 5.74) is 2.11. The van der Waals surface area contributed by atoms with E-state index in [1.165, 1.54) is 6.07 Å². The van der Waals surface area contributed by atoms with Gasteiger partial charge in [-0.2, -0.15) is 0 Å². The molecular weight excluding hydrogens is 191 g/mol. The van der Waals surface area contributed by atoms with Crippen LogP contribution in [0.3, 0.4) is 0 Å². The quantitative estimate of drug-likeness (QED) is 0.780. The molecule has 0 fully saturated rings. The summed E-state index contributed by atoms with van der Waals surface area (Å²) in [6.07, 6.45) is 1.01. The van der Waals surface area contributed by atoms with E-state index in [9.17, 15) is 4.39 Å². The highest BCUT2D eigenvalue weighted by molar-refractivity contribution is 5.54. The molecule has 0 saturated heterocycles. The summed E-state index contributed by atoms with van der Waals surface area (Å²) in [5, 5.41) is 6.74. The van der Waals surface area contributed by atoms with Gasteiger partial charge in [0.15, 0.2) is 0 Å². The third-order valence-corrected chi connectivity index (χ3v) is 2.67. The Hall–Kier alpha value is -1.09. The van der Waals surface area contributed by atoms with E-state index in [0.29, 0.717) is 6.04 Å². The second-order valence-corrected chi connectivity index (χ2v) is 4.32. The summed E-state index contributed by atoms with van der Waals surface area (Å²) < 4.78 is 13.1. The minimum atomic E-state index is -0.159. The summed E-state index contributed by atoms with van der Waals surface area (Å²) >= 11 is 0. The topological polar surface area (TPSA) is 24.1 Å². The van der Waals surface area contributed by atoms with Crippen molar-refractivity contribution in [1.29, 1.82) is 0 Å². The SMILES string of the molecule is CC(C)NC1CCNc2ccc(F)cc21. The second-order valence-electron chi connectivity index (χ2n) is 4.32. The number of anilines is 1. The molecule has 1 aliphatic rings. The van der Waals surface area contributed by atoms with Crippen LogP contribution in [-0.2, 0) is 0 Å². The molecule has 0 radical (unpaired) electrons. The van der Waals surface area contributed by atoms with Gasteiger partial charge in [-0.3, -0.25) is 0 Å². The summed E-state index contributed by atoms with van der Waals surface area (Å²) in [4.78, 5) is 0. The lowest BCUT2D eigenvalue weighted by atomic mass is 9.97. The fourth-order valence-electron chi connectivity index (χ4n) is 2.07. The Labute approximate surface area is 89.9 Å². The minimum Gasteiger partial charge on any atom is -0.385 e. The highest BCUT2D eigenvalue weighted by Crippen LogP contribution is 2.30. The molecule has 1 aliphatic heterocycles. The van der Waals surface area contributed by atoms with Gasteiger partial charge in [-0.1, -0.05) is 13.8 Å². The Morgan fingerprint density at radius 1 is 1.47 bits per heavy atom. The lowest BCUT2D eigenvalue weighted by molar-refractivity contribution is 0.451. The van der Waals surface area contributed by atoms with Gasteiger partial charge in [0.05, 0.1) is 0 Å². The molecule has 1 aromatic rings. The Morgan fingerprint density at radius 2 is 2.27 bits per heavy atom. The number of hydrogen-bond donors (Lipinski definition) is 2. The van der Waals surface area contributed by atoms with Crippen LogP contribution < -0.4 is 10.6 Å². The van der Waals surface area contributed by atoms with E-state index in [4.69, 9.17) is 0 Å². The van der Waals surface area contributed by atoms with Crippen LogP contribution in [0.1, 0.15) is 31.9 Å². The van der Waals surface area contributed by atoms with Crippen LogP contribution in [0.5, 0.6) is 0 Å². The van der Waals surface area contributed by atoms with Crippen molar-refractivity contribution in [3.05, 3.63) is 29.6 Å². The van der Waals surface area contributed by atoms with Crippen LogP contribution in [-0.4, -0.2) is 12.6 Å². The first-order chi connectivity index (χ1) is 7.16. The molecule has 0 saturated carbocycles. The van der Waals surface area contributed by atoms with E-state index < -0.39 is 0 Å². The smallest absolute Gasteiger partial charge is 0.123 e. The van der Waals surface area contributed by atoms with Gasteiger partial charge in [-0.15, -0.1) is 0 Å². The van der Waals surface area contributed by atoms with Gasteiger partial charge in [0.25, 0.3) is 0 Å². The van der Waals surface area contributed by atoms with E-state index in [-0.39, 0.29) is 11.9 Å². The lowest BCUT2D eigenvalue weighted by Crippen LogP contribution is -2.32. The van der Waals surface area contributed by atoms with Crippen LogP contribution in [0.2, 0.25) is 0 Å². The Balaban J connectivity index is 2.28. The summed E-state index contributed by atoms with van der Waals surface area (Å²) in [5.74, 6) is -0.159. The van der Waals surface area contributed by atoms with Gasteiger partial charge in [-0.25, -0.2) is 4.39 Å². The van der Waals surface area contributed by atoms with E-state index >= 15 is 0 Å². The molecule has 0 aromatic heterocycles. The molecule has 2 N–H and O–H groups in total. The van der Waals surface area contributed by atoms with E-state index in [2.05, 4.69) is 24.5 Å². The van der Waals surface area contributed by atoms with Gasteiger partial charge in [0.1, 0.15) is 5.82 Å². The number of nitrogens with one attached hydrogen (secondary N) is 2. The van der Waals surface area contributed by atoms with Gasteiger partial charge >= 0.3 is 0 Å². The fourth-order valence-corrected chi connectivity index (χ4v) is 2.07. The first-order valence-corrected chi connectivity index (χ1v) is 5.46. The maximum Gasteiger partial charge on any atom is 0.123 e. The molecule has 82 valence electrons. The van der Waals surface area contributed by atoms with Gasteiger partial charge < -0.3 is 10.6 Å². The monoisotopic (exact) mass is 208 g/mol. The van der Waals surface area contributed by atoms with Gasteiger partial charge in [0, 0.05) is 24.3 Å². The molecule has 0 bridgehead atoms. The van der Waals surface area contributed by atoms with E-state index in [1.54, 1.807) is 6.07 Å². The maximum absolute atomic E-state index is 13.1. The molecule has 1 unspecified atom stereocenters. The molecular formula is C12H17FN2. The summed E-state index contributed by atoms with van der Waals surface area (Å²) in [6.45, 7) is 5.17. The fraction of sp³-hybridized carbons (Fsp3) is 0.500. The Bertz CT molecular complexity index is 349. The van der Waals surface area contributed by atoms with Crippen LogP contribution in [0.4, 0.5) is 10.1 Å². The van der Waals surface area contributed by atoms with Crippen LogP contribution >= 0.6 is 0 Å². The van der Waals surface area contributed by atoms with Crippen molar-refractivity contribution in [2.75, 3.05) is 11.9 Å². The molecule has 2 nitrogen and oxygen atoms in total. The van der Waals surface area contributed by atoms with Gasteiger partial charge in [0.2, 0.25) is 0 Å². The third kappa shape index (κ3) is 2.29. The maximum atomic E-state index is 13.1. The molecule has 0 amide bonds. The zero-order valence-corrected chi connectivity index (χ0v) is 9.18. The molecule has 15 heavy (non-hydrogen) atoms. The van der Waals surface area contributed by atoms with Crippen LogP contribution in [0.15, 0.2) is 18.2 Å². The van der Waals surface area contributed by atoms with Crippen molar-refractivity contribution in [2.45, 2.75) is 32.4 Å². The Morgan fingerprint density at radius 3 is 3.00 bits per heavy atom. The highest BCUT2D eigenvalue weighted by atomic mass is 19.1. The Kier molecular flexibility index (Phi) is 2.91. The first kappa shape index (κ1) is 10.4. The molecule has 0 aliphatic carbocycles. The average molecular weight is 208 g/mol. The van der Waals surface area contributed by atoms with Gasteiger partial charge in [-0.05, 0) is 30.2 Å². The standard InChI is InChI=1S/C12H17FN2/c1-8(2)15-12-5-6-14-11-4-3-9(13)7-10(11)12/h3-4,7-8,12,14-15H,5-6H2,1-2H3.